The molecule has 1 saturated heterocycles. The fourth-order valence-corrected chi connectivity index (χ4v) is 7.09. The van der Waals surface area contributed by atoms with Gasteiger partial charge < -0.3 is 15.3 Å². The molecule has 1 fully saturated rings. The van der Waals surface area contributed by atoms with E-state index in [1.807, 2.05) is 6.92 Å². The molecule has 1 aromatic heterocycles. The molecule has 2 heterocycles. The molecule has 9 nitrogen and oxygen atoms in total. The Kier molecular flexibility index (Phi) is 9.84. The summed E-state index contributed by atoms with van der Waals surface area (Å²) in [6.45, 7) is 5.88. The molecule has 2 aromatic rings. The Morgan fingerprint density at radius 2 is 1.88 bits per heavy atom. The molecule has 0 bridgehead atoms. The number of nitrogens with zero attached hydrogens (tertiary/aromatic N) is 2. The Hall–Kier alpha value is -1.97. The van der Waals surface area contributed by atoms with Crippen LogP contribution in [0.4, 0.5) is 13.2 Å². The standard InChI is InChI=1S/C24H29Cl2F3N4O5S2/c1-12-7-5-6-10-33(12)22(35)18-19(39-21(31-18)20(34)30-11-23(3,4)36)14-8-9-15(17(26)16(14)25)40(37,38)32-13(2)24(27,28)29/h8-9,12-13,32,36H,5-7,10-11H2,1-4H3,(H,30,34)/t12-,13-/m0/s1. The summed E-state index contributed by atoms with van der Waals surface area (Å²) in [4.78, 5) is 31.8. The van der Waals surface area contributed by atoms with Crippen molar-refractivity contribution in [3.63, 3.8) is 0 Å². The number of amides is 2. The van der Waals surface area contributed by atoms with Gasteiger partial charge in [-0.15, -0.1) is 11.3 Å². The fraction of sp³-hybridized carbons (Fsp3) is 0.542. The first kappa shape index (κ1) is 32.5. The molecule has 1 aromatic carbocycles. The van der Waals surface area contributed by atoms with Crippen LogP contribution >= 0.6 is 34.5 Å². The molecule has 3 N–H and O–H groups in total. The maximum Gasteiger partial charge on any atom is 0.404 e. The molecule has 0 aliphatic carbocycles. The Labute approximate surface area is 244 Å². The number of halogens is 5. The van der Waals surface area contributed by atoms with Crippen LogP contribution in [0, 0.1) is 0 Å². The zero-order chi connectivity index (χ0) is 30.2. The van der Waals surface area contributed by atoms with Gasteiger partial charge in [0.25, 0.3) is 11.8 Å². The van der Waals surface area contributed by atoms with E-state index in [0.29, 0.717) is 13.5 Å². The molecule has 0 spiro atoms. The van der Waals surface area contributed by atoms with E-state index >= 15 is 0 Å². The number of likely N-dealkylation sites (tertiary alicyclic amines) is 1. The molecule has 3 rings (SSSR count). The third kappa shape index (κ3) is 7.45. The quantitative estimate of drug-likeness (QED) is 0.376. The van der Waals surface area contributed by atoms with Crippen LogP contribution in [0.15, 0.2) is 17.0 Å². The van der Waals surface area contributed by atoms with E-state index < -0.39 is 49.6 Å². The SMILES string of the molecule is C[C@H](NS(=O)(=O)c1ccc(-c2sc(C(=O)NCC(C)(C)O)nc2C(=O)N2CCCC[C@@H]2C)c(Cl)c1Cl)C(F)(F)F. The second-order valence-electron chi connectivity index (χ2n) is 10.2. The van der Waals surface area contributed by atoms with Gasteiger partial charge in [0.05, 0.1) is 20.5 Å². The average Bonchev–Trinajstić information content (AvgIpc) is 3.28. The molecular formula is C24H29Cl2F3N4O5S2. The zero-order valence-electron chi connectivity index (χ0n) is 22.0. The van der Waals surface area contributed by atoms with Crippen LogP contribution in [0.2, 0.25) is 10.0 Å². The molecule has 222 valence electrons. The second-order valence-corrected chi connectivity index (χ2v) is 13.6. The minimum Gasteiger partial charge on any atom is -0.389 e. The van der Waals surface area contributed by atoms with Gasteiger partial charge in [-0.25, -0.2) is 13.4 Å². The summed E-state index contributed by atoms with van der Waals surface area (Å²) in [5, 5.41) is 11.5. The molecule has 1 aliphatic heterocycles. The number of piperidine rings is 1. The summed E-state index contributed by atoms with van der Waals surface area (Å²) in [5.74, 6) is -1.13. The first-order valence-corrected chi connectivity index (χ1v) is 15.3. The Bertz CT molecular complexity index is 1390. The van der Waals surface area contributed by atoms with Crippen molar-refractivity contribution in [2.45, 2.75) is 75.7 Å². The number of carbonyl (C=O) groups is 2. The predicted molar refractivity (Wildman–Crippen MR) is 146 cm³/mol. The van der Waals surface area contributed by atoms with Gasteiger partial charge >= 0.3 is 6.18 Å². The second kappa shape index (κ2) is 12.1. The van der Waals surface area contributed by atoms with Crippen LogP contribution in [-0.2, 0) is 10.0 Å². The minimum absolute atomic E-state index is 0.0709. The molecule has 0 radical (unpaired) electrons. The fourth-order valence-electron chi connectivity index (χ4n) is 3.93. The highest BCUT2D eigenvalue weighted by Gasteiger charge is 2.40. The lowest BCUT2D eigenvalue weighted by Crippen LogP contribution is -2.43. The molecular weight excluding hydrogens is 616 g/mol. The third-order valence-electron chi connectivity index (χ3n) is 6.17. The van der Waals surface area contributed by atoms with E-state index in [4.69, 9.17) is 23.2 Å². The Balaban J connectivity index is 2.09. The number of thiazole rings is 1. The van der Waals surface area contributed by atoms with Crippen LogP contribution in [0.1, 0.15) is 67.2 Å². The highest BCUT2D eigenvalue weighted by Crippen LogP contribution is 2.42. The number of aromatic nitrogens is 1. The summed E-state index contributed by atoms with van der Waals surface area (Å²) in [7, 11) is -4.74. The maximum atomic E-state index is 13.6. The van der Waals surface area contributed by atoms with E-state index in [1.54, 1.807) is 4.90 Å². The van der Waals surface area contributed by atoms with Crippen LogP contribution in [-0.4, -0.2) is 72.2 Å². The lowest BCUT2D eigenvalue weighted by atomic mass is 10.0. The number of hydrogen-bond acceptors (Lipinski definition) is 7. The molecule has 1 aliphatic rings. The van der Waals surface area contributed by atoms with Crippen molar-refractivity contribution in [3.05, 3.63) is 32.9 Å². The van der Waals surface area contributed by atoms with Gasteiger partial charge in [0.15, 0.2) is 5.01 Å². The summed E-state index contributed by atoms with van der Waals surface area (Å²) >= 11 is 13.5. The lowest BCUT2D eigenvalue weighted by Gasteiger charge is -2.33. The summed E-state index contributed by atoms with van der Waals surface area (Å²) in [6.07, 6.45) is -2.35. The van der Waals surface area contributed by atoms with Crippen LogP contribution in [0.5, 0.6) is 0 Å². The van der Waals surface area contributed by atoms with E-state index in [2.05, 4.69) is 10.3 Å². The van der Waals surface area contributed by atoms with Crippen molar-refractivity contribution in [1.29, 1.82) is 0 Å². The first-order chi connectivity index (χ1) is 18.3. The number of hydrogen-bond donors (Lipinski definition) is 3. The molecule has 16 heteroatoms. The van der Waals surface area contributed by atoms with E-state index in [1.165, 1.54) is 24.6 Å². The summed E-state index contributed by atoms with van der Waals surface area (Å²) in [6, 6.07) is -0.324. The minimum atomic E-state index is -4.84. The van der Waals surface area contributed by atoms with E-state index in [-0.39, 0.29) is 38.8 Å². The smallest absolute Gasteiger partial charge is 0.389 e. The number of alkyl halides is 3. The van der Waals surface area contributed by atoms with Crippen LogP contribution < -0.4 is 10.0 Å². The van der Waals surface area contributed by atoms with Crippen LogP contribution in [0.3, 0.4) is 0 Å². The first-order valence-electron chi connectivity index (χ1n) is 12.2. The van der Waals surface area contributed by atoms with Gasteiger partial charge in [0.2, 0.25) is 10.0 Å². The number of benzene rings is 1. The normalized spacial score (nSPS) is 17.6. The molecule has 2 atom stereocenters. The molecule has 2 amide bonds. The lowest BCUT2D eigenvalue weighted by molar-refractivity contribution is -0.147. The Morgan fingerprint density at radius 3 is 2.45 bits per heavy atom. The topological polar surface area (TPSA) is 129 Å². The van der Waals surface area contributed by atoms with Gasteiger partial charge in [0.1, 0.15) is 16.6 Å². The highest BCUT2D eigenvalue weighted by molar-refractivity contribution is 7.89. The van der Waals surface area contributed by atoms with Crippen molar-refractivity contribution >= 4 is 56.4 Å². The van der Waals surface area contributed by atoms with E-state index in [9.17, 15) is 36.3 Å². The average molecular weight is 646 g/mol. The zero-order valence-corrected chi connectivity index (χ0v) is 25.2. The highest BCUT2D eigenvalue weighted by atomic mass is 35.5. The monoisotopic (exact) mass is 644 g/mol. The van der Waals surface area contributed by atoms with E-state index in [0.717, 1.165) is 36.7 Å². The number of carbonyl (C=O) groups excluding carboxylic acids is 2. The summed E-state index contributed by atoms with van der Waals surface area (Å²) in [5.41, 5.74) is -1.25. The molecule has 40 heavy (non-hydrogen) atoms. The number of rotatable bonds is 8. The van der Waals surface area contributed by atoms with Gasteiger partial charge in [0, 0.05) is 24.7 Å². The van der Waals surface area contributed by atoms with Crippen molar-refractivity contribution < 1.29 is 36.3 Å². The van der Waals surface area contributed by atoms with Gasteiger partial charge in [-0.05, 0) is 53.0 Å². The number of aliphatic hydroxyl groups is 1. The maximum absolute atomic E-state index is 13.6. The van der Waals surface area contributed by atoms with Gasteiger partial charge in [-0.1, -0.05) is 29.3 Å². The number of nitrogens with one attached hydrogen (secondary N) is 2. The molecule has 0 saturated carbocycles. The van der Waals surface area contributed by atoms with Gasteiger partial charge in [-0.3, -0.25) is 9.59 Å². The molecule has 0 unspecified atom stereocenters. The summed E-state index contributed by atoms with van der Waals surface area (Å²) < 4.78 is 65.8. The van der Waals surface area contributed by atoms with Crippen LogP contribution in [0.25, 0.3) is 10.4 Å². The van der Waals surface area contributed by atoms with Crippen molar-refractivity contribution in [3.8, 4) is 10.4 Å². The third-order valence-corrected chi connectivity index (χ3v) is 9.84. The van der Waals surface area contributed by atoms with Crippen molar-refractivity contribution in [2.75, 3.05) is 13.1 Å². The van der Waals surface area contributed by atoms with Crippen molar-refractivity contribution in [2.24, 2.45) is 0 Å². The predicted octanol–water partition coefficient (Wildman–Crippen LogP) is 4.86. The number of sulfonamides is 1. The largest absolute Gasteiger partial charge is 0.404 e. The van der Waals surface area contributed by atoms with Gasteiger partial charge in [-0.2, -0.15) is 17.9 Å². The van der Waals surface area contributed by atoms with Crippen molar-refractivity contribution in [1.82, 2.24) is 19.9 Å². The Morgan fingerprint density at radius 1 is 1.23 bits per heavy atom.